The SMILES string of the molecule is CCC(C(=O)NC(C)(C)C)N(CCc1ccccc1)C(=O)CN(c1ccc(C)cc1C)S(=O)(=O)c1ccccc1. The number of anilines is 1. The lowest BCUT2D eigenvalue weighted by Crippen LogP contribution is -2.56. The molecule has 214 valence electrons. The highest BCUT2D eigenvalue weighted by atomic mass is 32.2. The first kappa shape index (κ1) is 30.9. The number of aryl methyl sites for hydroxylation is 2. The summed E-state index contributed by atoms with van der Waals surface area (Å²) in [7, 11) is -4.08. The second-order valence-electron chi connectivity index (χ2n) is 11.1. The number of amides is 2. The average Bonchev–Trinajstić information content (AvgIpc) is 2.90. The molecule has 0 spiro atoms. The van der Waals surface area contributed by atoms with Crippen molar-refractivity contribution in [3.8, 4) is 0 Å². The Morgan fingerprint density at radius 2 is 1.50 bits per heavy atom. The van der Waals surface area contributed by atoms with Gasteiger partial charge in [0.15, 0.2) is 0 Å². The molecule has 3 aromatic rings. The van der Waals surface area contributed by atoms with E-state index < -0.39 is 34.1 Å². The molecule has 0 aromatic heterocycles. The summed E-state index contributed by atoms with van der Waals surface area (Å²) in [4.78, 5) is 29.1. The van der Waals surface area contributed by atoms with Gasteiger partial charge in [0, 0.05) is 12.1 Å². The smallest absolute Gasteiger partial charge is 0.264 e. The van der Waals surface area contributed by atoms with Crippen LogP contribution >= 0.6 is 0 Å². The molecule has 40 heavy (non-hydrogen) atoms. The minimum atomic E-state index is -4.08. The Labute approximate surface area is 239 Å². The van der Waals surface area contributed by atoms with Crippen molar-refractivity contribution < 1.29 is 18.0 Å². The molecule has 3 aromatic carbocycles. The van der Waals surface area contributed by atoms with Gasteiger partial charge in [-0.3, -0.25) is 13.9 Å². The molecule has 2 amide bonds. The highest BCUT2D eigenvalue weighted by Crippen LogP contribution is 2.28. The van der Waals surface area contributed by atoms with Gasteiger partial charge in [0.1, 0.15) is 12.6 Å². The molecule has 0 aliphatic rings. The highest BCUT2D eigenvalue weighted by Gasteiger charge is 2.34. The number of rotatable bonds is 11. The number of nitrogens with one attached hydrogen (secondary N) is 1. The standard InChI is InChI=1S/C32H41N3O4S/c1-7-28(31(37)33-32(4,5)6)34(21-20-26-14-10-8-11-15-26)30(36)23-35(29-19-18-24(2)22-25(29)3)40(38,39)27-16-12-9-13-17-27/h8-19,22,28H,7,20-21,23H2,1-6H3,(H,33,37). The fraction of sp³-hybridized carbons (Fsp3) is 0.375. The van der Waals surface area contributed by atoms with Crippen LogP contribution in [0.15, 0.2) is 83.8 Å². The van der Waals surface area contributed by atoms with E-state index in [9.17, 15) is 18.0 Å². The minimum absolute atomic E-state index is 0.0936. The number of hydrogen-bond donors (Lipinski definition) is 1. The molecular formula is C32H41N3O4S. The largest absolute Gasteiger partial charge is 0.350 e. The summed E-state index contributed by atoms with van der Waals surface area (Å²) in [5, 5.41) is 3.00. The van der Waals surface area contributed by atoms with Crippen LogP contribution < -0.4 is 9.62 Å². The Kier molecular flexibility index (Phi) is 10.1. The normalized spacial score (nSPS) is 12.4. The van der Waals surface area contributed by atoms with Gasteiger partial charge in [0.25, 0.3) is 10.0 Å². The second kappa shape index (κ2) is 13.1. The molecule has 1 unspecified atom stereocenters. The van der Waals surface area contributed by atoms with Crippen LogP contribution in [0, 0.1) is 13.8 Å². The summed E-state index contributed by atoms with van der Waals surface area (Å²) in [6, 6.07) is 22.5. The zero-order valence-corrected chi connectivity index (χ0v) is 25.2. The number of carbonyl (C=O) groups is 2. The molecule has 0 bridgehead atoms. The fourth-order valence-electron chi connectivity index (χ4n) is 4.67. The van der Waals surface area contributed by atoms with E-state index in [2.05, 4.69) is 5.32 Å². The van der Waals surface area contributed by atoms with Gasteiger partial charge in [-0.15, -0.1) is 0 Å². The Hall–Kier alpha value is -3.65. The molecule has 1 atom stereocenters. The molecule has 0 aliphatic carbocycles. The lowest BCUT2D eigenvalue weighted by molar-refractivity contribution is -0.140. The number of carbonyl (C=O) groups excluding carboxylic acids is 2. The summed E-state index contributed by atoms with van der Waals surface area (Å²) >= 11 is 0. The van der Waals surface area contributed by atoms with Crippen LogP contribution in [0.4, 0.5) is 5.69 Å². The number of benzene rings is 3. The van der Waals surface area contributed by atoms with Crippen molar-refractivity contribution in [2.24, 2.45) is 0 Å². The predicted molar refractivity (Wildman–Crippen MR) is 161 cm³/mol. The minimum Gasteiger partial charge on any atom is -0.350 e. The van der Waals surface area contributed by atoms with Crippen molar-refractivity contribution >= 4 is 27.5 Å². The van der Waals surface area contributed by atoms with Gasteiger partial charge in [-0.05, 0) is 76.8 Å². The Morgan fingerprint density at radius 1 is 0.900 bits per heavy atom. The van der Waals surface area contributed by atoms with Crippen molar-refractivity contribution in [3.63, 3.8) is 0 Å². The van der Waals surface area contributed by atoms with Gasteiger partial charge in [0.2, 0.25) is 11.8 Å². The molecule has 8 heteroatoms. The van der Waals surface area contributed by atoms with Gasteiger partial charge in [-0.25, -0.2) is 8.42 Å². The molecule has 0 aliphatic heterocycles. The maximum Gasteiger partial charge on any atom is 0.264 e. The van der Waals surface area contributed by atoms with Crippen LogP contribution in [0.5, 0.6) is 0 Å². The first-order valence-electron chi connectivity index (χ1n) is 13.6. The lowest BCUT2D eigenvalue weighted by Gasteiger charge is -2.35. The van der Waals surface area contributed by atoms with E-state index >= 15 is 0 Å². The molecule has 3 rings (SSSR count). The summed E-state index contributed by atoms with van der Waals surface area (Å²) in [5.74, 6) is -0.702. The number of hydrogen-bond acceptors (Lipinski definition) is 4. The maximum atomic E-state index is 14.1. The van der Waals surface area contributed by atoms with Gasteiger partial charge >= 0.3 is 0 Å². The van der Waals surface area contributed by atoms with E-state index in [0.717, 1.165) is 16.7 Å². The summed E-state index contributed by atoms with van der Waals surface area (Å²) < 4.78 is 29.1. The van der Waals surface area contributed by atoms with Crippen LogP contribution in [0.25, 0.3) is 0 Å². The van der Waals surface area contributed by atoms with Gasteiger partial charge in [-0.2, -0.15) is 0 Å². The third kappa shape index (κ3) is 7.94. The molecule has 1 N–H and O–H groups in total. The van der Waals surface area contributed by atoms with Crippen LogP contribution in [-0.4, -0.2) is 49.8 Å². The van der Waals surface area contributed by atoms with Gasteiger partial charge < -0.3 is 10.2 Å². The van der Waals surface area contributed by atoms with E-state index in [4.69, 9.17) is 0 Å². The van der Waals surface area contributed by atoms with Gasteiger partial charge in [-0.1, -0.05) is 73.2 Å². The van der Waals surface area contributed by atoms with Crippen LogP contribution in [0.3, 0.4) is 0 Å². The zero-order chi connectivity index (χ0) is 29.5. The molecule has 7 nitrogen and oxygen atoms in total. The van der Waals surface area contributed by atoms with Crippen molar-refractivity contribution in [2.75, 3.05) is 17.4 Å². The Bertz CT molecular complexity index is 1400. The van der Waals surface area contributed by atoms with Crippen molar-refractivity contribution in [1.29, 1.82) is 0 Å². The van der Waals surface area contributed by atoms with Crippen LogP contribution in [0.2, 0.25) is 0 Å². The van der Waals surface area contributed by atoms with E-state index in [-0.39, 0.29) is 17.3 Å². The van der Waals surface area contributed by atoms with Crippen LogP contribution in [-0.2, 0) is 26.0 Å². The van der Waals surface area contributed by atoms with Crippen LogP contribution in [0.1, 0.15) is 50.8 Å². The summed E-state index contributed by atoms with van der Waals surface area (Å²) in [6.07, 6.45) is 0.915. The van der Waals surface area contributed by atoms with E-state index in [0.29, 0.717) is 18.5 Å². The topological polar surface area (TPSA) is 86.8 Å². The first-order valence-corrected chi connectivity index (χ1v) is 15.1. The maximum absolute atomic E-state index is 14.1. The second-order valence-corrected chi connectivity index (χ2v) is 13.0. The Balaban J connectivity index is 2.04. The summed E-state index contributed by atoms with van der Waals surface area (Å²) in [6.45, 7) is 11.1. The predicted octanol–water partition coefficient (Wildman–Crippen LogP) is 5.26. The van der Waals surface area contributed by atoms with E-state index in [1.54, 1.807) is 24.3 Å². The summed E-state index contributed by atoms with van der Waals surface area (Å²) in [5.41, 5.74) is 2.69. The molecular weight excluding hydrogens is 522 g/mol. The van der Waals surface area contributed by atoms with Gasteiger partial charge in [0.05, 0.1) is 10.6 Å². The number of nitrogens with zero attached hydrogens (tertiary/aromatic N) is 2. The molecule has 0 heterocycles. The van der Waals surface area contributed by atoms with Crippen molar-refractivity contribution in [1.82, 2.24) is 10.2 Å². The molecule has 0 saturated carbocycles. The van der Waals surface area contributed by atoms with E-state index in [1.165, 1.54) is 21.3 Å². The fourth-order valence-corrected chi connectivity index (χ4v) is 6.17. The third-order valence-corrected chi connectivity index (χ3v) is 8.37. The van der Waals surface area contributed by atoms with Crippen molar-refractivity contribution in [2.45, 2.75) is 70.9 Å². The Morgan fingerprint density at radius 3 is 2.05 bits per heavy atom. The van der Waals surface area contributed by atoms with Crippen molar-refractivity contribution in [3.05, 3.63) is 95.6 Å². The monoisotopic (exact) mass is 563 g/mol. The number of sulfonamides is 1. The quantitative estimate of drug-likeness (QED) is 0.345. The first-order chi connectivity index (χ1) is 18.8. The zero-order valence-electron chi connectivity index (χ0n) is 24.3. The molecule has 0 fully saturated rings. The molecule has 0 radical (unpaired) electrons. The third-order valence-electron chi connectivity index (χ3n) is 6.60. The lowest BCUT2D eigenvalue weighted by atomic mass is 10.1. The highest BCUT2D eigenvalue weighted by molar-refractivity contribution is 7.92. The average molecular weight is 564 g/mol. The molecule has 0 saturated heterocycles. The van der Waals surface area contributed by atoms with E-state index in [1.807, 2.05) is 84.0 Å².